The van der Waals surface area contributed by atoms with Crippen LogP contribution in [0.3, 0.4) is 0 Å². The molecule has 4 nitrogen and oxygen atoms in total. The van der Waals surface area contributed by atoms with Gasteiger partial charge in [-0.25, -0.2) is 4.98 Å². The van der Waals surface area contributed by atoms with Crippen molar-refractivity contribution in [2.24, 2.45) is 0 Å². The van der Waals surface area contributed by atoms with Crippen LogP contribution in [-0.4, -0.2) is 14.5 Å². The maximum absolute atomic E-state index is 8.82. The zero-order valence-corrected chi connectivity index (χ0v) is 40.4. The largest absolute Gasteiger partial charge is 2.00 e. The van der Waals surface area contributed by atoms with Gasteiger partial charge in [-0.15, -0.1) is 29.3 Å². The Bertz CT molecular complexity index is 3510. The second-order valence-corrected chi connectivity index (χ2v) is 18.0. The van der Waals surface area contributed by atoms with Gasteiger partial charge in [-0.05, 0) is 112 Å². The summed E-state index contributed by atoms with van der Waals surface area (Å²) < 4.78 is 34.6. The van der Waals surface area contributed by atoms with Crippen molar-refractivity contribution in [1.29, 1.82) is 0 Å². The molecule has 0 N–H and O–H groups in total. The summed E-state index contributed by atoms with van der Waals surface area (Å²) >= 11 is 0. The number of nitrogens with zero attached hydrogens (tertiary/aromatic N) is 3. The van der Waals surface area contributed by atoms with Gasteiger partial charge in [0.05, 0.1) is 28.0 Å². The number of pyridine rings is 1. The molecule has 2 heterocycles. The fourth-order valence-electron chi connectivity index (χ4n) is 9.06. The fraction of sp³-hybridized carbons (Fsp3) is 0.113. The summed E-state index contributed by atoms with van der Waals surface area (Å²) in [6.07, 6.45) is 1.87. The molecule has 10 aromatic rings. The number of fused-ring (bicyclic) bond motifs is 1. The minimum absolute atomic E-state index is 0. The number of para-hydroxylation sites is 1. The number of benzene rings is 8. The van der Waals surface area contributed by atoms with Crippen LogP contribution in [0.2, 0.25) is 0 Å². The minimum Gasteiger partial charge on any atom is -0.665 e. The van der Waals surface area contributed by atoms with Gasteiger partial charge < -0.3 is 4.74 Å². The van der Waals surface area contributed by atoms with Gasteiger partial charge in [0.1, 0.15) is 5.82 Å². The van der Waals surface area contributed by atoms with Gasteiger partial charge in [-0.1, -0.05) is 171 Å². The van der Waals surface area contributed by atoms with E-state index in [0.29, 0.717) is 17.1 Å². The molecular formula is C62H51N3OPt. The molecule has 10 rings (SSSR count). The quantitative estimate of drug-likeness (QED) is 0.135. The molecule has 0 saturated carbocycles. The van der Waals surface area contributed by atoms with Crippen molar-refractivity contribution >= 4 is 11.0 Å². The van der Waals surface area contributed by atoms with Crippen LogP contribution in [0.1, 0.15) is 47.1 Å². The third kappa shape index (κ3) is 8.83. The van der Waals surface area contributed by atoms with E-state index in [1.165, 1.54) is 5.56 Å². The Kier molecular flexibility index (Phi) is 11.5. The molecule has 8 aromatic carbocycles. The van der Waals surface area contributed by atoms with E-state index < -0.39 is 6.85 Å². The average Bonchev–Trinajstić information content (AvgIpc) is 3.76. The summed E-state index contributed by atoms with van der Waals surface area (Å²) in [6, 6.07) is 65.5. The number of rotatable bonds is 9. The van der Waals surface area contributed by atoms with Crippen LogP contribution in [0.4, 0.5) is 0 Å². The van der Waals surface area contributed by atoms with E-state index in [4.69, 9.17) is 18.8 Å². The Hall–Kier alpha value is -7.13. The summed E-state index contributed by atoms with van der Waals surface area (Å²) in [5.74, 6) is 1.23. The smallest absolute Gasteiger partial charge is 0.665 e. The van der Waals surface area contributed by atoms with E-state index in [1.54, 1.807) is 0 Å². The third-order valence-electron chi connectivity index (χ3n) is 12.4. The normalized spacial score (nSPS) is 12.2. The number of hydrogen-bond acceptors (Lipinski definition) is 3. The molecule has 0 fully saturated rings. The van der Waals surface area contributed by atoms with E-state index in [2.05, 4.69) is 149 Å². The van der Waals surface area contributed by atoms with Crippen LogP contribution in [0.25, 0.3) is 95.0 Å². The molecule has 330 valence electrons. The molecule has 0 aliphatic heterocycles. The van der Waals surface area contributed by atoms with E-state index >= 15 is 0 Å². The first-order valence-corrected chi connectivity index (χ1v) is 22.3. The topological polar surface area (TPSA) is 39.9 Å². The molecule has 0 radical (unpaired) electrons. The van der Waals surface area contributed by atoms with E-state index in [9.17, 15) is 0 Å². The summed E-state index contributed by atoms with van der Waals surface area (Å²) in [6.45, 7) is 8.34. The first-order chi connectivity index (χ1) is 33.2. The molecule has 0 spiro atoms. The van der Waals surface area contributed by atoms with Gasteiger partial charge in [0.15, 0.2) is 0 Å². The van der Waals surface area contributed by atoms with Crippen LogP contribution >= 0.6 is 0 Å². The van der Waals surface area contributed by atoms with Crippen LogP contribution < -0.4 is 4.74 Å². The molecule has 0 bridgehead atoms. The monoisotopic (exact) mass is 1050 g/mol. The van der Waals surface area contributed by atoms with E-state index in [0.717, 1.165) is 94.7 Å². The van der Waals surface area contributed by atoms with Crippen molar-refractivity contribution in [3.05, 3.63) is 224 Å². The summed E-state index contributed by atoms with van der Waals surface area (Å²) in [5, 5.41) is 0. The van der Waals surface area contributed by atoms with Crippen molar-refractivity contribution in [2.75, 3.05) is 0 Å². The van der Waals surface area contributed by atoms with Gasteiger partial charge >= 0.3 is 21.1 Å². The summed E-state index contributed by atoms with van der Waals surface area (Å²) in [5.41, 5.74) is 17.2. The van der Waals surface area contributed by atoms with Crippen LogP contribution in [0.15, 0.2) is 188 Å². The molecule has 67 heavy (non-hydrogen) atoms. The van der Waals surface area contributed by atoms with Crippen molar-refractivity contribution in [2.45, 2.75) is 46.9 Å². The number of aryl methyl sites for hydroxylation is 3. The first-order valence-electron chi connectivity index (χ1n) is 23.8. The van der Waals surface area contributed by atoms with Gasteiger partial charge in [0.2, 0.25) is 0 Å². The first kappa shape index (κ1) is 41.3. The molecule has 0 aliphatic carbocycles. The molecule has 0 amide bonds. The molecule has 0 atom stereocenters. The molecule has 0 saturated heterocycles. The van der Waals surface area contributed by atoms with Gasteiger partial charge in [0.25, 0.3) is 0 Å². The van der Waals surface area contributed by atoms with Crippen molar-refractivity contribution in [3.63, 3.8) is 0 Å². The third-order valence-corrected chi connectivity index (χ3v) is 12.4. The standard InChI is InChI=1S/C62H51N3O.Pt/c1-40-32-42(3)60(66-7)55(33-40)61-64-59-52(24-17-25-57(59)65(61)58-39-53(46-20-13-9-14-21-46)41(2)34-54(58)47-22-15-10-16-23-47)49-35-50(37-51(36-49)62(4,5)6)56-38-48(30-31-63-56)45-28-26-44(27-29-45)43-18-11-8-12-19-43;/h8-34,36-39H,7H2,1-6H3;/q-2;+2/i2D3;. The Labute approximate surface area is 413 Å². The Balaban J connectivity index is 0.00000608. The van der Waals surface area contributed by atoms with E-state index in [1.807, 2.05) is 92.0 Å². The molecule has 0 aliphatic rings. The number of ether oxygens (including phenoxy) is 1. The predicted octanol–water partition coefficient (Wildman–Crippen LogP) is 16.3. The molecule has 5 heteroatoms. The predicted molar refractivity (Wildman–Crippen MR) is 275 cm³/mol. The van der Waals surface area contributed by atoms with Crippen molar-refractivity contribution < 1.29 is 29.9 Å². The molecular weight excluding hydrogens is 998 g/mol. The summed E-state index contributed by atoms with van der Waals surface area (Å²) in [4.78, 5) is 10.6. The van der Waals surface area contributed by atoms with Crippen LogP contribution in [-0.2, 0) is 26.5 Å². The van der Waals surface area contributed by atoms with Gasteiger partial charge in [-0.2, -0.15) is 7.11 Å². The maximum Gasteiger partial charge on any atom is 2.00 e. The second kappa shape index (κ2) is 18.6. The zero-order valence-electron chi connectivity index (χ0n) is 41.2. The van der Waals surface area contributed by atoms with Crippen LogP contribution in [0.5, 0.6) is 5.75 Å². The molecule has 0 unspecified atom stereocenters. The number of hydrogen-bond donors (Lipinski definition) is 0. The zero-order chi connectivity index (χ0) is 48.0. The molecule has 2 aromatic heterocycles. The average molecular weight is 1050 g/mol. The SMILES string of the molecule is [2H]C([2H])([2H])c1cc(-c2ccccc2)c(-n2c(-c3cc(C)cc(C)c3O[CH2-])nc3c(-c4[c-]c(-c5cc(-c6ccc(-c7ccccc7)cc6)ccn5)cc(C(C)(C)C)c4)cccc32)cc1-c1ccccc1.[Pt+2]. The minimum atomic E-state index is -2.41. The Morgan fingerprint density at radius 1 is 0.567 bits per heavy atom. The van der Waals surface area contributed by atoms with Crippen LogP contribution in [0, 0.1) is 33.9 Å². The van der Waals surface area contributed by atoms with Gasteiger partial charge in [0, 0.05) is 21.6 Å². The van der Waals surface area contributed by atoms with Gasteiger partial charge in [-0.3, -0.25) is 9.55 Å². The number of aromatic nitrogens is 3. The van der Waals surface area contributed by atoms with Crippen molar-refractivity contribution in [1.82, 2.24) is 14.5 Å². The number of imidazole rings is 1. The van der Waals surface area contributed by atoms with E-state index in [-0.39, 0.29) is 32.0 Å². The van der Waals surface area contributed by atoms with Crippen molar-refractivity contribution in [3.8, 4) is 89.7 Å². The Morgan fingerprint density at radius 2 is 1.18 bits per heavy atom. The summed E-state index contributed by atoms with van der Waals surface area (Å²) in [7, 11) is 3.91. The maximum atomic E-state index is 8.82. The fourth-order valence-corrected chi connectivity index (χ4v) is 9.06. The second-order valence-electron chi connectivity index (χ2n) is 18.0. The Morgan fingerprint density at radius 3 is 1.82 bits per heavy atom.